The Balaban J connectivity index is 1.96. The Morgan fingerprint density at radius 1 is 1.38 bits per heavy atom. The standard InChI is InChI=1S/C17H23NO3/c1-21-13-14-8-10-18(11-9-14)12-16-5-3-2-4-15(16)6-7-17(19)20/h2-7,14H,8-13H2,1H3,(H,19,20). The number of hydrogen-bond donors (Lipinski definition) is 1. The number of hydrogen-bond acceptors (Lipinski definition) is 3. The van der Waals surface area contributed by atoms with Gasteiger partial charge in [0.2, 0.25) is 0 Å². The molecule has 21 heavy (non-hydrogen) atoms. The molecule has 1 N–H and O–H groups in total. The Morgan fingerprint density at radius 2 is 2.10 bits per heavy atom. The fourth-order valence-corrected chi connectivity index (χ4v) is 2.79. The molecule has 4 heteroatoms. The summed E-state index contributed by atoms with van der Waals surface area (Å²) in [6, 6.07) is 7.98. The molecule has 2 rings (SSSR count). The lowest BCUT2D eigenvalue weighted by molar-refractivity contribution is -0.131. The first kappa shape index (κ1) is 15.7. The van der Waals surface area contributed by atoms with Crippen LogP contribution in [0, 0.1) is 5.92 Å². The van der Waals surface area contributed by atoms with Gasteiger partial charge in [-0.1, -0.05) is 24.3 Å². The highest BCUT2D eigenvalue weighted by molar-refractivity contribution is 5.85. The number of methoxy groups -OCH3 is 1. The molecule has 0 aromatic heterocycles. The lowest BCUT2D eigenvalue weighted by Crippen LogP contribution is -2.34. The van der Waals surface area contributed by atoms with Crippen LogP contribution in [0.25, 0.3) is 6.08 Å². The molecule has 0 bridgehead atoms. The number of nitrogens with zero attached hydrogens (tertiary/aromatic N) is 1. The summed E-state index contributed by atoms with van der Waals surface area (Å²) in [5, 5.41) is 8.76. The summed E-state index contributed by atoms with van der Waals surface area (Å²) in [5.74, 6) is -0.237. The first-order chi connectivity index (χ1) is 10.2. The number of carbonyl (C=O) groups is 1. The smallest absolute Gasteiger partial charge is 0.328 e. The molecule has 4 nitrogen and oxygen atoms in total. The monoisotopic (exact) mass is 289 g/mol. The fraction of sp³-hybridized carbons (Fsp3) is 0.471. The van der Waals surface area contributed by atoms with E-state index in [1.54, 1.807) is 13.2 Å². The van der Waals surface area contributed by atoms with Crippen LogP contribution in [0.5, 0.6) is 0 Å². The van der Waals surface area contributed by atoms with Crippen molar-refractivity contribution in [3.63, 3.8) is 0 Å². The molecule has 1 saturated heterocycles. The van der Waals surface area contributed by atoms with E-state index in [-0.39, 0.29) is 0 Å². The molecule has 114 valence electrons. The van der Waals surface area contributed by atoms with Crippen LogP contribution >= 0.6 is 0 Å². The maximum atomic E-state index is 10.7. The number of likely N-dealkylation sites (tertiary alicyclic amines) is 1. The maximum Gasteiger partial charge on any atom is 0.328 e. The van der Waals surface area contributed by atoms with Crippen LogP contribution in [0.1, 0.15) is 24.0 Å². The van der Waals surface area contributed by atoms with E-state index in [4.69, 9.17) is 9.84 Å². The Morgan fingerprint density at radius 3 is 2.76 bits per heavy atom. The molecule has 0 radical (unpaired) electrons. The number of piperidine rings is 1. The fourth-order valence-electron chi connectivity index (χ4n) is 2.79. The van der Waals surface area contributed by atoms with Gasteiger partial charge in [0.25, 0.3) is 0 Å². The second kappa shape index (κ2) is 7.96. The van der Waals surface area contributed by atoms with E-state index in [0.29, 0.717) is 5.92 Å². The van der Waals surface area contributed by atoms with Gasteiger partial charge in [-0.2, -0.15) is 0 Å². The Hall–Kier alpha value is -1.65. The summed E-state index contributed by atoms with van der Waals surface area (Å²) >= 11 is 0. The molecule has 0 unspecified atom stereocenters. The van der Waals surface area contributed by atoms with Crippen LogP contribution < -0.4 is 0 Å². The minimum atomic E-state index is -0.912. The maximum absolute atomic E-state index is 10.7. The van der Waals surface area contributed by atoms with Gasteiger partial charge in [-0.3, -0.25) is 4.90 Å². The second-order valence-electron chi connectivity index (χ2n) is 5.55. The van der Waals surface area contributed by atoms with E-state index in [0.717, 1.165) is 31.8 Å². The van der Waals surface area contributed by atoms with Crippen molar-refractivity contribution in [2.75, 3.05) is 26.8 Å². The van der Waals surface area contributed by atoms with Crippen molar-refractivity contribution >= 4 is 12.0 Å². The van der Waals surface area contributed by atoms with Gasteiger partial charge in [-0.05, 0) is 49.1 Å². The third-order valence-corrected chi connectivity index (χ3v) is 3.96. The van der Waals surface area contributed by atoms with Crippen molar-refractivity contribution in [2.45, 2.75) is 19.4 Å². The highest BCUT2D eigenvalue weighted by Gasteiger charge is 2.19. The van der Waals surface area contributed by atoms with Gasteiger partial charge >= 0.3 is 5.97 Å². The number of carboxylic acid groups (broad SMARTS) is 1. The van der Waals surface area contributed by atoms with Gasteiger partial charge in [0.1, 0.15) is 0 Å². The lowest BCUT2D eigenvalue weighted by Gasteiger charge is -2.31. The molecule has 0 saturated carbocycles. The summed E-state index contributed by atoms with van der Waals surface area (Å²) in [6.07, 6.45) is 5.21. The van der Waals surface area contributed by atoms with Crippen LogP contribution in [0.3, 0.4) is 0 Å². The molecule has 0 amide bonds. The van der Waals surface area contributed by atoms with Crippen molar-refractivity contribution in [3.05, 3.63) is 41.5 Å². The first-order valence-electron chi connectivity index (χ1n) is 7.39. The van der Waals surface area contributed by atoms with Gasteiger partial charge in [0.15, 0.2) is 0 Å². The van der Waals surface area contributed by atoms with E-state index in [9.17, 15) is 4.79 Å². The molecular formula is C17H23NO3. The topological polar surface area (TPSA) is 49.8 Å². The average molecular weight is 289 g/mol. The zero-order valence-corrected chi connectivity index (χ0v) is 12.5. The predicted molar refractivity (Wildman–Crippen MR) is 83.0 cm³/mol. The second-order valence-corrected chi connectivity index (χ2v) is 5.55. The van der Waals surface area contributed by atoms with E-state index in [2.05, 4.69) is 11.0 Å². The summed E-state index contributed by atoms with van der Waals surface area (Å²) < 4.78 is 5.23. The van der Waals surface area contributed by atoms with Crippen molar-refractivity contribution in [3.8, 4) is 0 Å². The zero-order chi connectivity index (χ0) is 15.1. The number of rotatable bonds is 6. The average Bonchev–Trinajstić information content (AvgIpc) is 2.48. The summed E-state index contributed by atoms with van der Waals surface area (Å²) in [4.78, 5) is 13.1. The molecule has 1 aliphatic rings. The SMILES string of the molecule is COCC1CCN(Cc2ccccc2C=CC(=O)O)CC1. The van der Waals surface area contributed by atoms with Gasteiger partial charge in [0.05, 0.1) is 0 Å². The largest absolute Gasteiger partial charge is 0.478 e. The van der Waals surface area contributed by atoms with Crippen LogP contribution in [0.4, 0.5) is 0 Å². The van der Waals surface area contributed by atoms with Gasteiger partial charge in [-0.15, -0.1) is 0 Å². The summed E-state index contributed by atoms with van der Waals surface area (Å²) in [6.45, 7) is 3.88. The van der Waals surface area contributed by atoms with E-state index < -0.39 is 5.97 Å². The lowest BCUT2D eigenvalue weighted by atomic mass is 9.97. The molecule has 0 spiro atoms. The summed E-state index contributed by atoms with van der Waals surface area (Å²) in [5.41, 5.74) is 2.17. The number of ether oxygens (including phenoxy) is 1. The Kier molecular flexibility index (Phi) is 5.96. The van der Waals surface area contributed by atoms with Gasteiger partial charge in [0, 0.05) is 26.3 Å². The number of benzene rings is 1. The van der Waals surface area contributed by atoms with Crippen LogP contribution in [-0.4, -0.2) is 42.8 Å². The Labute approximate surface area is 126 Å². The van der Waals surface area contributed by atoms with Crippen LogP contribution in [0.2, 0.25) is 0 Å². The quantitative estimate of drug-likeness (QED) is 0.818. The van der Waals surface area contributed by atoms with Crippen molar-refractivity contribution in [2.24, 2.45) is 5.92 Å². The van der Waals surface area contributed by atoms with E-state index in [1.165, 1.54) is 24.5 Å². The Bertz CT molecular complexity index is 491. The van der Waals surface area contributed by atoms with Gasteiger partial charge < -0.3 is 9.84 Å². The van der Waals surface area contributed by atoms with Crippen LogP contribution in [0.15, 0.2) is 30.3 Å². The molecule has 1 aliphatic heterocycles. The highest BCUT2D eigenvalue weighted by Crippen LogP contribution is 2.21. The van der Waals surface area contributed by atoms with E-state index >= 15 is 0 Å². The molecular weight excluding hydrogens is 266 g/mol. The minimum absolute atomic E-state index is 0.674. The molecule has 1 aromatic rings. The minimum Gasteiger partial charge on any atom is -0.478 e. The molecule has 0 aliphatic carbocycles. The zero-order valence-electron chi connectivity index (χ0n) is 12.5. The normalized spacial score (nSPS) is 17.4. The summed E-state index contributed by atoms with van der Waals surface area (Å²) in [7, 11) is 1.76. The highest BCUT2D eigenvalue weighted by atomic mass is 16.5. The number of aliphatic carboxylic acids is 1. The van der Waals surface area contributed by atoms with Crippen LogP contribution in [-0.2, 0) is 16.1 Å². The van der Waals surface area contributed by atoms with Crippen molar-refractivity contribution < 1.29 is 14.6 Å². The number of carboxylic acids is 1. The van der Waals surface area contributed by atoms with Gasteiger partial charge in [-0.25, -0.2) is 4.79 Å². The molecule has 1 aromatic carbocycles. The third-order valence-electron chi connectivity index (χ3n) is 3.96. The van der Waals surface area contributed by atoms with Crippen molar-refractivity contribution in [1.82, 2.24) is 4.90 Å². The third kappa shape index (κ3) is 4.99. The van der Waals surface area contributed by atoms with E-state index in [1.807, 2.05) is 18.2 Å². The predicted octanol–water partition coefficient (Wildman–Crippen LogP) is 2.64. The molecule has 1 heterocycles. The molecule has 1 fully saturated rings. The first-order valence-corrected chi connectivity index (χ1v) is 7.39. The van der Waals surface area contributed by atoms with Crippen molar-refractivity contribution in [1.29, 1.82) is 0 Å². The molecule has 0 atom stereocenters.